The van der Waals surface area contributed by atoms with Gasteiger partial charge in [0.2, 0.25) is 0 Å². The van der Waals surface area contributed by atoms with Gasteiger partial charge in [0, 0.05) is 16.5 Å². The fourth-order valence-electron chi connectivity index (χ4n) is 2.44. The molecule has 0 spiro atoms. The Kier molecular flexibility index (Phi) is 7.14. The van der Waals surface area contributed by atoms with Crippen molar-refractivity contribution in [1.82, 2.24) is 25.1 Å². The molecule has 3 N–H and O–H groups in total. The molecule has 1 amide bonds. The number of aromatic amines is 1. The van der Waals surface area contributed by atoms with Crippen LogP contribution in [0.5, 0.6) is 5.75 Å². The Bertz CT molecular complexity index is 1140. The van der Waals surface area contributed by atoms with Crippen molar-refractivity contribution in [1.29, 1.82) is 0 Å². The third-order valence-electron chi connectivity index (χ3n) is 3.71. The highest BCUT2D eigenvalue weighted by atomic mass is 32.2. The average molecular weight is 473 g/mol. The lowest BCUT2D eigenvalue weighted by Gasteiger charge is -2.13. The third kappa shape index (κ3) is 5.61. The van der Waals surface area contributed by atoms with Gasteiger partial charge in [-0.2, -0.15) is 5.10 Å². The van der Waals surface area contributed by atoms with Crippen molar-refractivity contribution in [3.05, 3.63) is 60.0 Å². The van der Waals surface area contributed by atoms with Crippen molar-refractivity contribution in [3.8, 4) is 5.75 Å². The standard InChI is InChI=1S/C19H16N6O3S3/c26-8-9-28-12-3-1-2-4-13(12)30-14-5-6-15(31-19-21-11-22-25-19)23-16(14)17(27)24-18-20-7-10-29-18/h1-7,10-11,26H,8-9H2,(H,20,24,27)(H,21,22,25). The quantitative estimate of drug-likeness (QED) is 0.335. The molecule has 0 radical (unpaired) electrons. The van der Waals surface area contributed by atoms with E-state index in [4.69, 9.17) is 9.84 Å². The van der Waals surface area contributed by atoms with Gasteiger partial charge in [0.15, 0.2) is 10.3 Å². The van der Waals surface area contributed by atoms with E-state index in [0.717, 1.165) is 4.90 Å². The zero-order valence-corrected chi connectivity index (χ0v) is 18.3. The number of nitrogens with zero attached hydrogens (tertiary/aromatic N) is 4. The molecule has 0 aliphatic rings. The van der Waals surface area contributed by atoms with Crippen LogP contribution in [0.15, 0.2) is 74.3 Å². The second-order valence-corrected chi connectivity index (χ2v) is 8.79. The predicted molar refractivity (Wildman–Crippen MR) is 118 cm³/mol. The molecule has 0 aliphatic carbocycles. The number of pyridine rings is 1. The van der Waals surface area contributed by atoms with Crippen molar-refractivity contribution in [2.75, 3.05) is 18.5 Å². The minimum atomic E-state index is -0.369. The van der Waals surface area contributed by atoms with Crippen LogP contribution in [-0.2, 0) is 0 Å². The first-order chi connectivity index (χ1) is 15.2. The lowest BCUT2D eigenvalue weighted by molar-refractivity contribution is 0.101. The molecule has 0 saturated carbocycles. The summed E-state index contributed by atoms with van der Waals surface area (Å²) in [5.74, 6) is 0.249. The Morgan fingerprint density at radius 2 is 2.06 bits per heavy atom. The second kappa shape index (κ2) is 10.4. The molecule has 0 atom stereocenters. The molecule has 0 unspecified atom stereocenters. The lowest BCUT2D eigenvalue weighted by Crippen LogP contribution is -2.15. The third-order valence-corrected chi connectivity index (χ3v) is 6.33. The van der Waals surface area contributed by atoms with Gasteiger partial charge in [0.05, 0.1) is 11.5 Å². The zero-order chi connectivity index (χ0) is 21.5. The summed E-state index contributed by atoms with van der Waals surface area (Å²) in [6.45, 7) is 0.0928. The highest BCUT2D eigenvalue weighted by molar-refractivity contribution is 7.99. The van der Waals surface area contributed by atoms with Crippen LogP contribution in [-0.4, -0.2) is 49.4 Å². The Morgan fingerprint density at radius 3 is 2.84 bits per heavy atom. The fraction of sp³-hybridized carbons (Fsp3) is 0.105. The summed E-state index contributed by atoms with van der Waals surface area (Å²) in [4.78, 5) is 27.2. The summed E-state index contributed by atoms with van der Waals surface area (Å²) in [5.41, 5.74) is 0.252. The number of rotatable bonds is 9. The number of aromatic nitrogens is 5. The maximum Gasteiger partial charge on any atom is 0.277 e. The van der Waals surface area contributed by atoms with Crippen LogP contribution in [0.1, 0.15) is 10.5 Å². The van der Waals surface area contributed by atoms with Gasteiger partial charge in [-0.25, -0.2) is 15.0 Å². The first-order valence-electron chi connectivity index (χ1n) is 8.98. The monoisotopic (exact) mass is 472 g/mol. The van der Waals surface area contributed by atoms with Crippen molar-refractivity contribution in [2.45, 2.75) is 20.0 Å². The first kappa shape index (κ1) is 21.3. The number of benzene rings is 1. The summed E-state index contributed by atoms with van der Waals surface area (Å²) in [6, 6.07) is 11.1. The first-order valence-corrected chi connectivity index (χ1v) is 11.5. The van der Waals surface area contributed by atoms with Gasteiger partial charge < -0.3 is 9.84 Å². The molecule has 4 rings (SSSR count). The molecule has 12 heteroatoms. The number of carbonyl (C=O) groups is 1. The number of nitrogens with one attached hydrogen (secondary N) is 2. The number of aliphatic hydroxyl groups excluding tert-OH is 1. The number of ether oxygens (including phenoxy) is 1. The van der Waals surface area contributed by atoms with E-state index in [1.165, 1.54) is 41.2 Å². The van der Waals surface area contributed by atoms with Gasteiger partial charge in [-0.1, -0.05) is 23.9 Å². The van der Waals surface area contributed by atoms with Crippen LogP contribution in [0.4, 0.5) is 5.13 Å². The van der Waals surface area contributed by atoms with E-state index < -0.39 is 0 Å². The van der Waals surface area contributed by atoms with Crippen molar-refractivity contribution in [2.24, 2.45) is 0 Å². The maximum absolute atomic E-state index is 13.0. The van der Waals surface area contributed by atoms with Crippen LogP contribution in [0.2, 0.25) is 0 Å². The molecule has 158 valence electrons. The molecule has 1 aromatic carbocycles. The SMILES string of the molecule is O=C(Nc1nccs1)c1nc(Sc2ncn[nH]2)ccc1Sc1ccccc1OCCO. The highest BCUT2D eigenvalue weighted by Crippen LogP contribution is 2.37. The molecule has 4 aromatic rings. The molecular weight excluding hydrogens is 456 g/mol. The number of carbonyl (C=O) groups excluding carboxylic acids is 1. The molecule has 0 bridgehead atoms. The van der Waals surface area contributed by atoms with E-state index in [-0.39, 0.29) is 24.8 Å². The highest BCUT2D eigenvalue weighted by Gasteiger charge is 2.19. The van der Waals surface area contributed by atoms with Crippen LogP contribution < -0.4 is 10.1 Å². The molecule has 0 saturated heterocycles. The topological polar surface area (TPSA) is 126 Å². The minimum absolute atomic E-state index is 0.0877. The maximum atomic E-state index is 13.0. The molecule has 0 fully saturated rings. The average Bonchev–Trinajstić information content (AvgIpc) is 3.48. The molecule has 31 heavy (non-hydrogen) atoms. The van der Waals surface area contributed by atoms with E-state index in [9.17, 15) is 4.79 Å². The Morgan fingerprint density at radius 1 is 1.16 bits per heavy atom. The normalized spacial score (nSPS) is 10.7. The minimum Gasteiger partial charge on any atom is -0.490 e. The molecule has 9 nitrogen and oxygen atoms in total. The number of hydrogen-bond donors (Lipinski definition) is 3. The largest absolute Gasteiger partial charge is 0.490 e. The van der Waals surface area contributed by atoms with Crippen molar-refractivity contribution in [3.63, 3.8) is 0 Å². The molecular formula is C19H16N6O3S3. The van der Waals surface area contributed by atoms with Crippen LogP contribution in [0, 0.1) is 0 Å². The van der Waals surface area contributed by atoms with E-state index in [1.807, 2.05) is 36.4 Å². The number of H-pyrrole nitrogens is 1. The molecule has 0 aliphatic heterocycles. The number of thiazole rings is 1. The van der Waals surface area contributed by atoms with Crippen LogP contribution in [0.3, 0.4) is 0 Å². The summed E-state index contributed by atoms with van der Waals surface area (Å²) in [6.07, 6.45) is 3.03. The molecule has 3 aromatic heterocycles. The van der Waals surface area contributed by atoms with E-state index in [1.54, 1.807) is 11.6 Å². The van der Waals surface area contributed by atoms with E-state index in [0.29, 0.717) is 26.0 Å². The second-order valence-electron chi connectivity index (χ2n) is 5.80. The summed E-state index contributed by atoms with van der Waals surface area (Å²) >= 11 is 3.95. The smallest absolute Gasteiger partial charge is 0.277 e. The number of anilines is 1. The summed E-state index contributed by atoms with van der Waals surface area (Å²) < 4.78 is 5.61. The van der Waals surface area contributed by atoms with Crippen LogP contribution >= 0.6 is 34.9 Å². The zero-order valence-electron chi connectivity index (χ0n) is 15.9. The Labute approximate surface area is 189 Å². The van der Waals surface area contributed by atoms with E-state index in [2.05, 4.69) is 30.5 Å². The van der Waals surface area contributed by atoms with Gasteiger partial charge >= 0.3 is 0 Å². The fourth-order valence-corrected chi connectivity index (χ4v) is 4.62. The summed E-state index contributed by atoms with van der Waals surface area (Å²) in [5, 5.41) is 21.9. The molecule has 3 heterocycles. The van der Waals surface area contributed by atoms with Gasteiger partial charge in [-0.3, -0.25) is 15.2 Å². The van der Waals surface area contributed by atoms with Gasteiger partial charge in [0.1, 0.15) is 29.4 Å². The lowest BCUT2D eigenvalue weighted by atomic mass is 10.3. The van der Waals surface area contributed by atoms with Gasteiger partial charge in [-0.15, -0.1) is 11.3 Å². The van der Waals surface area contributed by atoms with Crippen molar-refractivity contribution >= 4 is 45.9 Å². The number of para-hydroxylation sites is 1. The van der Waals surface area contributed by atoms with E-state index >= 15 is 0 Å². The number of hydrogen-bond acceptors (Lipinski definition) is 10. The van der Waals surface area contributed by atoms with Gasteiger partial charge in [0.25, 0.3) is 5.91 Å². The van der Waals surface area contributed by atoms with Crippen LogP contribution in [0.25, 0.3) is 0 Å². The van der Waals surface area contributed by atoms with Gasteiger partial charge in [-0.05, 0) is 36.0 Å². The predicted octanol–water partition coefficient (Wildman–Crippen LogP) is 3.58. The Hall–Kier alpha value is -2.93. The van der Waals surface area contributed by atoms with Crippen molar-refractivity contribution < 1.29 is 14.6 Å². The Balaban J connectivity index is 1.65. The number of amides is 1. The summed E-state index contributed by atoms with van der Waals surface area (Å²) in [7, 11) is 0. The number of aliphatic hydroxyl groups is 1.